The number of hydrogen-bond donors (Lipinski definition) is 0. The molecule has 9 heavy (non-hydrogen) atoms. The third kappa shape index (κ3) is 6.32. The van der Waals surface area contributed by atoms with Crippen molar-refractivity contribution in [1.82, 2.24) is 0 Å². The molecule has 0 aliphatic rings. The summed E-state index contributed by atoms with van der Waals surface area (Å²) in [5, 5.41) is 0. The fourth-order valence-electron chi connectivity index (χ4n) is 0.170. The fourth-order valence-corrected chi connectivity index (χ4v) is 0.170. The second-order valence-electron chi connectivity index (χ2n) is 0.899. The number of nitrogens with zero attached hydrogens (tertiary/aromatic N) is 2. The van der Waals surface area contributed by atoms with E-state index >= 15 is 0 Å². The fraction of sp³-hybridized carbons (Fsp3) is 0.200. The van der Waals surface area contributed by atoms with Gasteiger partial charge in [-0.1, -0.05) is 5.92 Å². The van der Waals surface area contributed by atoms with E-state index in [1.807, 2.05) is 6.04 Å². The lowest BCUT2D eigenvalue weighted by Gasteiger charge is -1.63. The zero-order chi connectivity index (χ0) is 6.95. The van der Waals surface area contributed by atoms with Gasteiger partial charge in [0.1, 0.15) is 6.54 Å². The highest BCUT2D eigenvalue weighted by Crippen LogP contribution is 1.60. The molecule has 44 valence electrons. The van der Waals surface area contributed by atoms with Crippen molar-refractivity contribution in [3.05, 3.63) is 0 Å². The van der Waals surface area contributed by atoms with Crippen LogP contribution in [0.1, 0.15) is 0 Å². The SMILES string of the molecule is O=C=NC#CCN=C=O. The largest absolute Gasteiger partial charge is 0.249 e. The maximum Gasteiger partial charge on any atom is 0.249 e. The van der Waals surface area contributed by atoms with Crippen LogP contribution in [0.5, 0.6) is 0 Å². The standard InChI is InChI=1S/C5H2N2O2/c8-4-6-2-1-3-7-5-9/h2H2. The Bertz CT molecular complexity index is 223. The molecule has 0 bridgehead atoms. The molecule has 0 aromatic rings. The van der Waals surface area contributed by atoms with Crippen molar-refractivity contribution in [2.45, 2.75) is 0 Å². The number of hydrogen-bond acceptors (Lipinski definition) is 4. The summed E-state index contributed by atoms with van der Waals surface area (Å²) in [6.07, 6.45) is 2.48. The Morgan fingerprint density at radius 3 is 2.56 bits per heavy atom. The molecule has 0 saturated carbocycles. The number of rotatable bonds is 1. The number of isocyanates is 2. The molecule has 4 heteroatoms. The Kier molecular flexibility index (Phi) is 5.14. The first-order valence-corrected chi connectivity index (χ1v) is 2.00. The van der Waals surface area contributed by atoms with Gasteiger partial charge in [0.25, 0.3) is 0 Å². The summed E-state index contributed by atoms with van der Waals surface area (Å²) < 4.78 is 0. The maximum atomic E-state index is 9.37. The van der Waals surface area contributed by atoms with Gasteiger partial charge in [-0.2, -0.15) is 4.99 Å². The van der Waals surface area contributed by atoms with Gasteiger partial charge in [0.2, 0.25) is 12.2 Å². The topological polar surface area (TPSA) is 58.9 Å². The summed E-state index contributed by atoms with van der Waals surface area (Å²) >= 11 is 0. The third-order valence-electron chi connectivity index (χ3n) is 0.403. The van der Waals surface area contributed by atoms with Crippen LogP contribution in [0.4, 0.5) is 0 Å². The molecule has 0 unspecified atom stereocenters. The molecule has 0 rings (SSSR count). The minimum absolute atomic E-state index is 0.0225. The van der Waals surface area contributed by atoms with Crippen LogP contribution in [-0.4, -0.2) is 18.7 Å². The molecule has 0 aliphatic carbocycles. The van der Waals surface area contributed by atoms with Gasteiger partial charge in [-0.05, 0) is 0 Å². The first-order chi connectivity index (χ1) is 4.41. The number of carbonyl (C=O) groups excluding carboxylic acids is 2. The molecule has 0 radical (unpaired) electrons. The van der Waals surface area contributed by atoms with Gasteiger partial charge in [0, 0.05) is 6.04 Å². The van der Waals surface area contributed by atoms with E-state index in [-0.39, 0.29) is 6.54 Å². The summed E-state index contributed by atoms with van der Waals surface area (Å²) in [6, 6.07) is 2.05. The van der Waals surface area contributed by atoms with E-state index in [4.69, 9.17) is 0 Å². The molecule has 0 amide bonds. The first-order valence-electron chi connectivity index (χ1n) is 2.00. The van der Waals surface area contributed by atoms with Gasteiger partial charge in [-0.15, -0.1) is 4.99 Å². The lowest BCUT2D eigenvalue weighted by atomic mass is 10.7. The zero-order valence-corrected chi connectivity index (χ0v) is 4.42. The van der Waals surface area contributed by atoms with Crippen LogP contribution in [0.3, 0.4) is 0 Å². The molecule has 0 fully saturated rings. The molecule has 0 saturated heterocycles. The average molecular weight is 122 g/mol. The minimum Gasteiger partial charge on any atom is -0.211 e. The van der Waals surface area contributed by atoms with Crippen molar-refractivity contribution < 1.29 is 9.59 Å². The Morgan fingerprint density at radius 2 is 2.00 bits per heavy atom. The molecule has 0 aromatic heterocycles. The van der Waals surface area contributed by atoms with Gasteiger partial charge >= 0.3 is 0 Å². The lowest BCUT2D eigenvalue weighted by molar-refractivity contribution is 0.564. The predicted octanol–water partition coefficient (Wildman–Crippen LogP) is -0.381. The highest BCUT2D eigenvalue weighted by molar-refractivity contribution is 5.37. The van der Waals surface area contributed by atoms with Crippen molar-refractivity contribution in [3.8, 4) is 12.0 Å². The predicted molar refractivity (Wildman–Crippen MR) is 28.9 cm³/mol. The first kappa shape index (κ1) is 7.32. The third-order valence-corrected chi connectivity index (χ3v) is 0.403. The van der Waals surface area contributed by atoms with Crippen LogP contribution >= 0.6 is 0 Å². The van der Waals surface area contributed by atoms with Crippen LogP contribution in [0.25, 0.3) is 0 Å². The van der Waals surface area contributed by atoms with E-state index in [2.05, 4.69) is 15.9 Å². The molecule has 0 spiro atoms. The lowest BCUT2D eigenvalue weighted by Crippen LogP contribution is -1.67. The molecule has 0 heterocycles. The smallest absolute Gasteiger partial charge is 0.211 e. The molecular weight excluding hydrogens is 120 g/mol. The van der Waals surface area contributed by atoms with Crippen molar-refractivity contribution in [1.29, 1.82) is 0 Å². The van der Waals surface area contributed by atoms with Crippen LogP contribution in [-0.2, 0) is 9.59 Å². The highest BCUT2D eigenvalue weighted by Gasteiger charge is 1.63. The van der Waals surface area contributed by atoms with Gasteiger partial charge in [-0.3, -0.25) is 0 Å². The van der Waals surface area contributed by atoms with Gasteiger partial charge in [0.15, 0.2) is 0 Å². The van der Waals surface area contributed by atoms with Gasteiger partial charge in [-0.25, -0.2) is 9.59 Å². The molecule has 0 atom stereocenters. The van der Waals surface area contributed by atoms with E-state index < -0.39 is 0 Å². The summed E-state index contributed by atoms with van der Waals surface area (Å²) in [5.74, 6) is 2.28. The van der Waals surface area contributed by atoms with Gasteiger partial charge in [0.05, 0.1) is 0 Å². The van der Waals surface area contributed by atoms with E-state index in [1.165, 1.54) is 12.2 Å². The van der Waals surface area contributed by atoms with Crippen LogP contribution in [0.15, 0.2) is 9.98 Å². The van der Waals surface area contributed by atoms with Crippen molar-refractivity contribution >= 4 is 12.2 Å². The van der Waals surface area contributed by atoms with E-state index in [1.54, 1.807) is 0 Å². The normalized spacial score (nSPS) is 5.33. The molecular formula is C5H2N2O2. The summed E-state index contributed by atoms with van der Waals surface area (Å²) in [7, 11) is 0. The van der Waals surface area contributed by atoms with Crippen LogP contribution in [0, 0.1) is 12.0 Å². The van der Waals surface area contributed by atoms with Crippen molar-refractivity contribution in [2.24, 2.45) is 9.98 Å². The Morgan fingerprint density at radius 1 is 1.22 bits per heavy atom. The molecule has 4 nitrogen and oxygen atoms in total. The molecule has 0 aromatic carbocycles. The summed E-state index contributed by atoms with van der Waals surface area (Å²) in [6.45, 7) is 0.0225. The summed E-state index contributed by atoms with van der Waals surface area (Å²) in [4.78, 5) is 24.7. The molecule has 0 N–H and O–H groups in total. The monoisotopic (exact) mass is 122 g/mol. The second-order valence-corrected chi connectivity index (χ2v) is 0.899. The summed E-state index contributed by atoms with van der Waals surface area (Å²) in [5.41, 5.74) is 0. The Hall–Kier alpha value is -1.68. The van der Waals surface area contributed by atoms with Crippen LogP contribution < -0.4 is 0 Å². The average Bonchev–Trinajstić information content (AvgIpc) is 1.89. The van der Waals surface area contributed by atoms with Crippen molar-refractivity contribution in [3.63, 3.8) is 0 Å². The Balaban J connectivity index is 3.62. The highest BCUT2D eigenvalue weighted by atomic mass is 16.1. The minimum atomic E-state index is 0.0225. The Labute approximate surface area is 51.3 Å². The second kappa shape index (κ2) is 6.32. The quantitative estimate of drug-likeness (QED) is 0.270. The maximum absolute atomic E-state index is 9.37. The van der Waals surface area contributed by atoms with E-state index in [0.29, 0.717) is 0 Å². The van der Waals surface area contributed by atoms with E-state index in [0.717, 1.165) is 0 Å². The van der Waals surface area contributed by atoms with Crippen LogP contribution in [0.2, 0.25) is 0 Å². The zero-order valence-electron chi connectivity index (χ0n) is 4.42. The van der Waals surface area contributed by atoms with Crippen molar-refractivity contribution in [2.75, 3.05) is 6.54 Å². The number of aliphatic imine (C=N–C) groups is 2. The van der Waals surface area contributed by atoms with Gasteiger partial charge < -0.3 is 0 Å². The van der Waals surface area contributed by atoms with E-state index in [9.17, 15) is 9.59 Å². The molecule has 0 aliphatic heterocycles.